The summed E-state index contributed by atoms with van der Waals surface area (Å²) in [4.78, 5) is 0. The van der Waals surface area contributed by atoms with Crippen LogP contribution in [0.3, 0.4) is 0 Å². The third kappa shape index (κ3) is 2.12. The smallest absolute Gasteiger partial charge is 0.203 e. The highest BCUT2D eigenvalue weighted by molar-refractivity contribution is 9.10. The van der Waals surface area contributed by atoms with E-state index in [4.69, 9.17) is 0 Å². The van der Waals surface area contributed by atoms with Crippen LogP contribution in [0.4, 0.5) is 35.1 Å². The molecule has 17 heavy (non-hydrogen) atoms. The molecule has 0 saturated heterocycles. The summed E-state index contributed by atoms with van der Waals surface area (Å²) in [7, 11) is 0. The van der Waals surface area contributed by atoms with E-state index < -0.39 is 45.7 Å². The van der Waals surface area contributed by atoms with E-state index in [2.05, 4.69) is 15.9 Å². The Bertz CT molecular complexity index is 426. The molecule has 0 aliphatic carbocycles. The minimum atomic E-state index is -5.34. The van der Waals surface area contributed by atoms with Gasteiger partial charge in [-0.15, -0.1) is 0 Å². The highest BCUT2D eigenvalue weighted by atomic mass is 79.9. The Morgan fingerprint density at radius 1 is 0.824 bits per heavy atom. The quantitative estimate of drug-likeness (QED) is 0.430. The van der Waals surface area contributed by atoms with Gasteiger partial charge in [0.25, 0.3) is 0 Å². The first-order valence-electron chi connectivity index (χ1n) is 3.80. The van der Waals surface area contributed by atoms with Crippen molar-refractivity contribution in [1.82, 2.24) is 0 Å². The van der Waals surface area contributed by atoms with Gasteiger partial charge in [0.05, 0.1) is 4.47 Å². The van der Waals surface area contributed by atoms with E-state index in [0.717, 1.165) is 0 Å². The van der Waals surface area contributed by atoms with Crippen molar-refractivity contribution in [3.63, 3.8) is 0 Å². The molecule has 0 fully saturated rings. The SMILES string of the molecule is Fc1c(F)c(C(F)(F)C(F)F)c(F)c(F)c1Br. The van der Waals surface area contributed by atoms with Crippen molar-refractivity contribution < 1.29 is 35.1 Å². The van der Waals surface area contributed by atoms with Crippen molar-refractivity contribution in [2.45, 2.75) is 12.3 Å². The van der Waals surface area contributed by atoms with Crippen molar-refractivity contribution in [2.75, 3.05) is 0 Å². The molecule has 1 rings (SSSR count). The Labute approximate surface area is 97.4 Å². The summed E-state index contributed by atoms with van der Waals surface area (Å²) in [6, 6.07) is 0. The minimum Gasteiger partial charge on any atom is -0.203 e. The molecule has 0 aliphatic rings. The Kier molecular flexibility index (Phi) is 3.70. The van der Waals surface area contributed by atoms with E-state index in [9.17, 15) is 35.1 Å². The largest absolute Gasteiger partial charge is 0.338 e. The molecule has 1 aromatic carbocycles. The van der Waals surface area contributed by atoms with Gasteiger partial charge < -0.3 is 0 Å². The van der Waals surface area contributed by atoms with E-state index in [1.165, 1.54) is 0 Å². The van der Waals surface area contributed by atoms with Crippen molar-refractivity contribution in [3.8, 4) is 0 Å². The van der Waals surface area contributed by atoms with E-state index in [1.54, 1.807) is 0 Å². The van der Waals surface area contributed by atoms with Crippen LogP contribution in [0.1, 0.15) is 5.56 Å². The Balaban J connectivity index is 3.66. The summed E-state index contributed by atoms with van der Waals surface area (Å²) < 4.78 is 99.3. The number of alkyl halides is 4. The second kappa shape index (κ2) is 4.43. The zero-order valence-electron chi connectivity index (χ0n) is 7.48. The number of hydrogen-bond donors (Lipinski definition) is 0. The van der Waals surface area contributed by atoms with Crippen LogP contribution >= 0.6 is 15.9 Å². The van der Waals surface area contributed by atoms with Gasteiger partial charge in [0.15, 0.2) is 23.3 Å². The van der Waals surface area contributed by atoms with Crippen LogP contribution in [0.25, 0.3) is 0 Å². The lowest BCUT2D eigenvalue weighted by molar-refractivity contribution is -0.139. The summed E-state index contributed by atoms with van der Waals surface area (Å²) in [6.45, 7) is 0. The van der Waals surface area contributed by atoms with Crippen LogP contribution < -0.4 is 0 Å². The van der Waals surface area contributed by atoms with Gasteiger partial charge in [-0.3, -0.25) is 0 Å². The van der Waals surface area contributed by atoms with Gasteiger partial charge in [-0.1, -0.05) is 0 Å². The van der Waals surface area contributed by atoms with Crippen LogP contribution in [0.5, 0.6) is 0 Å². The number of rotatable bonds is 2. The first kappa shape index (κ1) is 14.2. The van der Waals surface area contributed by atoms with Crippen LogP contribution in [-0.2, 0) is 5.92 Å². The van der Waals surface area contributed by atoms with Crippen molar-refractivity contribution >= 4 is 15.9 Å². The molecular weight excluding hydrogens is 328 g/mol. The summed E-state index contributed by atoms with van der Waals surface area (Å²) in [5, 5.41) is 0. The fourth-order valence-corrected chi connectivity index (χ4v) is 1.35. The monoisotopic (exact) mass is 328 g/mol. The number of benzene rings is 1. The molecule has 1 aromatic rings. The summed E-state index contributed by atoms with van der Waals surface area (Å²) >= 11 is 2.06. The molecule has 0 atom stereocenters. The van der Waals surface area contributed by atoms with E-state index in [-0.39, 0.29) is 0 Å². The van der Waals surface area contributed by atoms with Gasteiger partial charge in [0, 0.05) is 0 Å². The first-order valence-corrected chi connectivity index (χ1v) is 4.59. The standard InChI is InChI=1S/C8HBrF8/c9-2-5(12)3(10)1(4(11)6(2)13)8(16,17)7(14)15/h7H. The summed E-state index contributed by atoms with van der Waals surface area (Å²) in [5.41, 5.74) is -2.63. The molecule has 0 saturated carbocycles. The van der Waals surface area contributed by atoms with Crippen LogP contribution in [0.2, 0.25) is 0 Å². The topological polar surface area (TPSA) is 0 Å². The van der Waals surface area contributed by atoms with Crippen LogP contribution in [-0.4, -0.2) is 6.43 Å². The van der Waals surface area contributed by atoms with E-state index in [0.29, 0.717) is 0 Å². The second-order valence-electron chi connectivity index (χ2n) is 2.87. The Morgan fingerprint density at radius 3 is 1.47 bits per heavy atom. The maximum Gasteiger partial charge on any atom is 0.338 e. The number of halogens is 9. The average Bonchev–Trinajstić information content (AvgIpc) is 2.23. The van der Waals surface area contributed by atoms with Gasteiger partial charge in [0.2, 0.25) is 0 Å². The zero-order chi connectivity index (χ0) is 13.5. The highest BCUT2D eigenvalue weighted by Crippen LogP contribution is 2.40. The molecule has 96 valence electrons. The lowest BCUT2D eigenvalue weighted by atomic mass is 10.1. The third-order valence-electron chi connectivity index (χ3n) is 1.82. The zero-order valence-corrected chi connectivity index (χ0v) is 9.07. The highest BCUT2D eigenvalue weighted by Gasteiger charge is 2.49. The number of hydrogen-bond acceptors (Lipinski definition) is 0. The van der Waals surface area contributed by atoms with Gasteiger partial charge in [-0.25, -0.2) is 26.3 Å². The molecule has 0 spiro atoms. The van der Waals surface area contributed by atoms with Gasteiger partial charge in [-0.05, 0) is 15.9 Å². The fourth-order valence-electron chi connectivity index (χ4n) is 1.01. The average molecular weight is 329 g/mol. The predicted molar refractivity (Wildman–Crippen MR) is 43.9 cm³/mol. The lowest BCUT2D eigenvalue weighted by Crippen LogP contribution is -2.28. The normalized spacial score (nSPS) is 12.4. The van der Waals surface area contributed by atoms with E-state index in [1.807, 2.05) is 0 Å². The maximum absolute atomic E-state index is 12.9. The molecule has 0 aliphatic heterocycles. The van der Waals surface area contributed by atoms with Gasteiger partial charge in [0.1, 0.15) is 5.56 Å². The Morgan fingerprint density at radius 2 is 1.18 bits per heavy atom. The fraction of sp³-hybridized carbons (Fsp3) is 0.250. The molecule has 0 unspecified atom stereocenters. The first-order chi connectivity index (χ1) is 7.62. The summed E-state index contributed by atoms with van der Waals surface area (Å²) in [6.07, 6.45) is -4.51. The van der Waals surface area contributed by atoms with Gasteiger partial charge in [-0.2, -0.15) is 8.78 Å². The van der Waals surface area contributed by atoms with Crippen molar-refractivity contribution in [2.24, 2.45) is 0 Å². The minimum absolute atomic E-state index is 1.39. The molecule has 0 aromatic heterocycles. The molecule has 0 N–H and O–H groups in total. The molecule has 0 nitrogen and oxygen atoms in total. The molecule has 0 bridgehead atoms. The molecule has 0 heterocycles. The summed E-state index contributed by atoms with van der Waals surface area (Å²) in [5.74, 6) is -14.9. The maximum atomic E-state index is 12.9. The van der Waals surface area contributed by atoms with Crippen LogP contribution in [0, 0.1) is 23.3 Å². The van der Waals surface area contributed by atoms with E-state index >= 15 is 0 Å². The third-order valence-corrected chi connectivity index (χ3v) is 2.51. The molecule has 0 amide bonds. The van der Waals surface area contributed by atoms with Crippen molar-refractivity contribution in [1.29, 1.82) is 0 Å². The molecule has 0 radical (unpaired) electrons. The van der Waals surface area contributed by atoms with Crippen LogP contribution in [0.15, 0.2) is 4.47 Å². The van der Waals surface area contributed by atoms with Crippen molar-refractivity contribution in [3.05, 3.63) is 33.3 Å². The molecule has 9 heteroatoms. The second-order valence-corrected chi connectivity index (χ2v) is 3.66. The Hall–Kier alpha value is -0.860. The van der Waals surface area contributed by atoms with Gasteiger partial charge >= 0.3 is 12.3 Å². The predicted octanol–water partition coefficient (Wildman–Crippen LogP) is 4.36. The lowest BCUT2D eigenvalue weighted by Gasteiger charge is -2.18. The molecular formula is C8HBrF8.